The number of nitrogen functional groups attached to an aromatic ring is 1. The minimum Gasteiger partial charge on any atom is -0.383 e. The van der Waals surface area contributed by atoms with E-state index >= 15 is 0 Å². The van der Waals surface area contributed by atoms with E-state index in [0.717, 1.165) is 27.8 Å². The van der Waals surface area contributed by atoms with Gasteiger partial charge in [0.25, 0.3) is 0 Å². The molecule has 1 aliphatic rings. The van der Waals surface area contributed by atoms with Crippen LogP contribution in [0.15, 0.2) is 48.1 Å². The van der Waals surface area contributed by atoms with Crippen molar-refractivity contribution in [3.05, 3.63) is 76.0 Å². The highest BCUT2D eigenvalue weighted by Gasteiger charge is 2.29. The molecule has 2 N–H and O–H groups in total. The van der Waals surface area contributed by atoms with Gasteiger partial charge in [-0.2, -0.15) is 10.5 Å². The molecule has 0 spiro atoms. The maximum atomic E-state index is 9.51. The summed E-state index contributed by atoms with van der Waals surface area (Å²) in [5, 5.41) is 18.9. The molecule has 1 aromatic carbocycles. The predicted molar refractivity (Wildman–Crippen MR) is 99.8 cm³/mol. The molecule has 0 radical (unpaired) electrons. The molecule has 0 saturated carbocycles. The number of nitrogens with zero attached hydrogens (tertiary/aromatic N) is 3. The van der Waals surface area contributed by atoms with E-state index in [2.05, 4.69) is 17.1 Å². The molecule has 0 bridgehead atoms. The van der Waals surface area contributed by atoms with E-state index in [1.165, 1.54) is 0 Å². The van der Waals surface area contributed by atoms with Gasteiger partial charge in [-0.15, -0.1) is 0 Å². The summed E-state index contributed by atoms with van der Waals surface area (Å²) < 4.78 is 0. The molecule has 0 atom stereocenters. The van der Waals surface area contributed by atoms with Gasteiger partial charge in [0.1, 0.15) is 18.0 Å². The fourth-order valence-corrected chi connectivity index (χ4v) is 3.04. The molecule has 0 aliphatic heterocycles. The molecule has 4 nitrogen and oxygen atoms in total. The third-order valence-corrected chi connectivity index (χ3v) is 4.34. The van der Waals surface area contributed by atoms with E-state index in [4.69, 9.17) is 5.73 Å². The third kappa shape index (κ3) is 2.71. The average Bonchev–Trinajstić information content (AvgIpc) is 2.87. The van der Waals surface area contributed by atoms with Crippen molar-refractivity contribution in [3.63, 3.8) is 0 Å². The van der Waals surface area contributed by atoms with Crippen LogP contribution >= 0.6 is 0 Å². The van der Waals surface area contributed by atoms with Gasteiger partial charge in [-0.05, 0) is 36.1 Å². The van der Waals surface area contributed by atoms with Gasteiger partial charge < -0.3 is 5.73 Å². The fourth-order valence-electron chi connectivity index (χ4n) is 3.04. The molecule has 1 aromatic heterocycles. The topological polar surface area (TPSA) is 86.5 Å². The maximum Gasteiger partial charge on any atom is 0.142 e. The Morgan fingerprint density at radius 3 is 2.44 bits per heavy atom. The van der Waals surface area contributed by atoms with Crippen LogP contribution in [0.3, 0.4) is 0 Å². The Hall–Kier alpha value is -3.63. The lowest BCUT2D eigenvalue weighted by atomic mass is 9.97. The lowest BCUT2D eigenvalue weighted by Gasteiger charge is -2.10. The number of aromatic nitrogens is 1. The molecule has 0 unspecified atom stereocenters. The normalized spacial score (nSPS) is 14.6. The number of nitriles is 2. The van der Waals surface area contributed by atoms with Crippen molar-refractivity contribution in [2.75, 3.05) is 5.73 Å². The molecule has 0 saturated heterocycles. The smallest absolute Gasteiger partial charge is 0.142 e. The number of benzene rings is 1. The van der Waals surface area contributed by atoms with Gasteiger partial charge in [0.15, 0.2) is 0 Å². The Bertz CT molecular complexity index is 1030. The second-order valence-electron chi connectivity index (χ2n) is 5.79. The first-order chi connectivity index (χ1) is 12.1. The van der Waals surface area contributed by atoms with Crippen molar-refractivity contribution in [2.24, 2.45) is 0 Å². The first-order valence-corrected chi connectivity index (χ1v) is 7.84. The Labute approximate surface area is 146 Å². The van der Waals surface area contributed by atoms with Crippen LogP contribution in [0.2, 0.25) is 0 Å². The lowest BCUT2D eigenvalue weighted by Crippen LogP contribution is -2.03. The zero-order chi connectivity index (χ0) is 18.0. The number of rotatable bonds is 2. The van der Waals surface area contributed by atoms with E-state index in [0.29, 0.717) is 16.8 Å². The van der Waals surface area contributed by atoms with Crippen molar-refractivity contribution in [1.82, 2.24) is 4.98 Å². The van der Waals surface area contributed by atoms with Crippen LogP contribution in [0.25, 0.3) is 17.2 Å². The van der Waals surface area contributed by atoms with Crippen molar-refractivity contribution < 1.29 is 0 Å². The molecule has 2 aromatic rings. The second kappa shape index (κ2) is 6.47. The molecular formula is C21H16N4. The van der Waals surface area contributed by atoms with Gasteiger partial charge >= 0.3 is 0 Å². The Kier molecular flexibility index (Phi) is 4.20. The lowest BCUT2D eigenvalue weighted by molar-refractivity contribution is 1.22. The van der Waals surface area contributed by atoms with Crippen molar-refractivity contribution >= 4 is 23.0 Å². The van der Waals surface area contributed by atoms with Crippen LogP contribution in [-0.2, 0) is 0 Å². The standard InChI is InChI=1S/C21H16N4/c1-13-16(10-6-9-15-7-4-3-5-8-15)19-14(2)18(12-23)21(24)25-20(19)17(13)11-22/h3-10H,1-2H3,(H2,24,25)/b9-6+,16-10+. The third-order valence-electron chi connectivity index (χ3n) is 4.34. The van der Waals surface area contributed by atoms with Gasteiger partial charge in [0, 0.05) is 5.56 Å². The van der Waals surface area contributed by atoms with Gasteiger partial charge in [-0.25, -0.2) is 4.98 Å². The van der Waals surface area contributed by atoms with Gasteiger partial charge in [-0.3, -0.25) is 0 Å². The van der Waals surface area contributed by atoms with Crippen molar-refractivity contribution in [3.8, 4) is 12.1 Å². The summed E-state index contributed by atoms with van der Waals surface area (Å²) in [7, 11) is 0. The highest BCUT2D eigenvalue weighted by molar-refractivity contribution is 6.04. The summed E-state index contributed by atoms with van der Waals surface area (Å²) >= 11 is 0. The van der Waals surface area contributed by atoms with Crippen LogP contribution in [0, 0.1) is 29.6 Å². The highest BCUT2D eigenvalue weighted by Crippen LogP contribution is 2.43. The summed E-state index contributed by atoms with van der Waals surface area (Å²) in [6, 6.07) is 14.3. The Morgan fingerprint density at radius 1 is 1.08 bits per heavy atom. The molecular weight excluding hydrogens is 308 g/mol. The van der Waals surface area contributed by atoms with Crippen LogP contribution < -0.4 is 5.73 Å². The minimum atomic E-state index is 0.167. The Morgan fingerprint density at radius 2 is 1.80 bits per heavy atom. The van der Waals surface area contributed by atoms with E-state index in [-0.39, 0.29) is 5.82 Å². The number of hydrogen-bond acceptors (Lipinski definition) is 4. The van der Waals surface area contributed by atoms with Crippen molar-refractivity contribution in [2.45, 2.75) is 13.8 Å². The number of fused-ring (bicyclic) bond motifs is 1. The summed E-state index contributed by atoms with van der Waals surface area (Å²) in [5.41, 5.74) is 11.7. The molecule has 0 amide bonds. The van der Waals surface area contributed by atoms with E-state index < -0.39 is 0 Å². The van der Waals surface area contributed by atoms with Crippen LogP contribution in [0.4, 0.5) is 5.82 Å². The first-order valence-electron chi connectivity index (χ1n) is 7.84. The molecule has 120 valence electrons. The van der Waals surface area contributed by atoms with Gasteiger partial charge in [-0.1, -0.05) is 48.6 Å². The molecule has 0 fully saturated rings. The summed E-state index contributed by atoms with van der Waals surface area (Å²) in [5.74, 6) is 0.167. The van der Waals surface area contributed by atoms with Crippen LogP contribution in [0.5, 0.6) is 0 Å². The number of hydrogen-bond donors (Lipinski definition) is 1. The van der Waals surface area contributed by atoms with Crippen LogP contribution in [-0.4, -0.2) is 4.98 Å². The number of anilines is 1. The summed E-state index contributed by atoms with van der Waals surface area (Å²) in [6.45, 7) is 3.74. The first kappa shape index (κ1) is 16.2. The molecule has 1 aliphatic carbocycles. The zero-order valence-electron chi connectivity index (χ0n) is 14.0. The molecule has 4 heteroatoms. The van der Waals surface area contributed by atoms with Crippen molar-refractivity contribution in [1.29, 1.82) is 10.5 Å². The quantitative estimate of drug-likeness (QED) is 0.894. The van der Waals surface area contributed by atoms with E-state index in [1.54, 1.807) is 0 Å². The zero-order valence-corrected chi connectivity index (χ0v) is 14.0. The van der Waals surface area contributed by atoms with E-state index in [1.807, 2.05) is 62.4 Å². The highest BCUT2D eigenvalue weighted by atomic mass is 14.9. The summed E-state index contributed by atoms with van der Waals surface area (Å²) in [6.07, 6.45) is 5.90. The fraction of sp³-hybridized carbons (Fsp3) is 0.0952. The van der Waals surface area contributed by atoms with Gasteiger partial charge in [0.2, 0.25) is 0 Å². The SMILES string of the molecule is CC1=C(C#N)c2nc(N)c(C#N)c(C)c2/C1=C/C=C/c1ccccc1. The van der Waals surface area contributed by atoms with Crippen LogP contribution in [0.1, 0.15) is 34.9 Å². The largest absolute Gasteiger partial charge is 0.383 e. The molecule has 25 heavy (non-hydrogen) atoms. The Balaban J connectivity index is 2.16. The number of nitrogens with two attached hydrogens (primary N) is 1. The predicted octanol–water partition coefficient (Wildman–Crippen LogP) is 4.25. The second-order valence-corrected chi connectivity index (χ2v) is 5.79. The maximum absolute atomic E-state index is 9.51. The summed E-state index contributed by atoms with van der Waals surface area (Å²) in [4.78, 5) is 4.31. The van der Waals surface area contributed by atoms with Gasteiger partial charge in [0.05, 0.1) is 16.8 Å². The average molecular weight is 324 g/mol. The minimum absolute atomic E-state index is 0.167. The number of pyridine rings is 1. The number of allylic oxidation sites excluding steroid dienone is 5. The molecule has 3 rings (SSSR count). The van der Waals surface area contributed by atoms with E-state index in [9.17, 15) is 10.5 Å². The molecule has 1 heterocycles. The monoisotopic (exact) mass is 324 g/mol.